The lowest BCUT2D eigenvalue weighted by atomic mass is 9.87. The second-order valence-corrected chi connectivity index (χ2v) is 6.05. The van der Waals surface area contributed by atoms with E-state index in [1.54, 1.807) is 18.2 Å². The fraction of sp³-hybridized carbons (Fsp3) is 0.500. The molecule has 0 saturated heterocycles. The second-order valence-electron chi connectivity index (χ2n) is 5.64. The van der Waals surface area contributed by atoms with Gasteiger partial charge >= 0.3 is 0 Å². The minimum absolute atomic E-state index is 0.0723. The lowest BCUT2D eigenvalue weighted by molar-refractivity contribution is 0.0910. The molecular formula is C14H19ClN2O. The van der Waals surface area contributed by atoms with Crippen LogP contribution in [-0.2, 0) is 0 Å². The van der Waals surface area contributed by atoms with Gasteiger partial charge in [0.15, 0.2) is 0 Å². The smallest absolute Gasteiger partial charge is 0.251 e. The normalized spacial score (nSPS) is 21.8. The van der Waals surface area contributed by atoms with Crippen molar-refractivity contribution in [3.63, 3.8) is 0 Å². The number of rotatable bonds is 2. The van der Waals surface area contributed by atoms with E-state index in [4.69, 9.17) is 17.3 Å². The maximum Gasteiger partial charge on any atom is 0.251 e. The second kappa shape index (κ2) is 4.81. The number of nitrogens with two attached hydrogens (primary N) is 1. The van der Waals surface area contributed by atoms with Gasteiger partial charge in [0.05, 0.1) is 10.7 Å². The first-order valence-electron chi connectivity index (χ1n) is 6.26. The quantitative estimate of drug-likeness (QED) is 0.808. The summed E-state index contributed by atoms with van der Waals surface area (Å²) in [6.45, 7) is 4.39. The molecule has 18 heavy (non-hydrogen) atoms. The third kappa shape index (κ3) is 2.61. The number of nitrogen functional groups attached to an aromatic ring is 1. The zero-order chi connectivity index (χ0) is 13.3. The molecule has 1 aromatic rings. The molecule has 1 aliphatic carbocycles. The SMILES string of the molecule is CC1(C)CCCC1NC(=O)c1ccc(N)c(Cl)c1. The van der Waals surface area contributed by atoms with Crippen molar-refractivity contribution in [1.29, 1.82) is 0 Å². The monoisotopic (exact) mass is 266 g/mol. The Morgan fingerprint density at radius 2 is 2.22 bits per heavy atom. The van der Waals surface area contributed by atoms with Crippen molar-refractivity contribution in [3.05, 3.63) is 28.8 Å². The molecule has 4 heteroatoms. The van der Waals surface area contributed by atoms with Crippen LogP contribution in [0.2, 0.25) is 5.02 Å². The number of hydrogen-bond acceptors (Lipinski definition) is 2. The minimum atomic E-state index is -0.0723. The van der Waals surface area contributed by atoms with Gasteiger partial charge < -0.3 is 11.1 Å². The van der Waals surface area contributed by atoms with Crippen LogP contribution in [-0.4, -0.2) is 11.9 Å². The van der Waals surface area contributed by atoms with E-state index in [1.807, 2.05) is 0 Å². The van der Waals surface area contributed by atoms with Gasteiger partial charge in [-0.25, -0.2) is 0 Å². The average Bonchev–Trinajstić information content (AvgIpc) is 2.62. The predicted octanol–water partition coefficient (Wildman–Crippen LogP) is 3.23. The molecule has 1 unspecified atom stereocenters. The van der Waals surface area contributed by atoms with Gasteiger partial charge in [-0.15, -0.1) is 0 Å². The molecule has 0 aliphatic heterocycles. The van der Waals surface area contributed by atoms with E-state index in [0.29, 0.717) is 16.3 Å². The number of nitrogens with one attached hydrogen (secondary N) is 1. The van der Waals surface area contributed by atoms with Crippen molar-refractivity contribution in [2.45, 2.75) is 39.2 Å². The average molecular weight is 267 g/mol. The molecule has 1 aliphatic rings. The van der Waals surface area contributed by atoms with Crippen LogP contribution in [0.25, 0.3) is 0 Å². The van der Waals surface area contributed by atoms with E-state index in [9.17, 15) is 4.79 Å². The van der Waals surface area contributed by atoms with E-state index in [-0.39, 0.29) is 17.4 Å². The van der Waals surface area contributed by atoms with E-state index < -0.39 is 0 Å². The van der Waals surface area contributed by atoms with Gasteiger partial charge in [0, 0.05) is 11.6 Å². The van der Waals surface area contributed by atoms with Crippen molar-refractivity contribution >= 4 is 23.2 Å². The summed E-state index contributed by atoms with van der Waals surface area (Å²) >= 11 is 5.93. The number of benzene rings is 1. The maximum atomic E-state index is 12.1. The largest absolute Gasteiger partial charge is 0.398 e. The first-order valence-corrected chi connectivity index (χ1v) is 6.64. The summed E-state index contributed by atoms with van der Waals surface area (Å²) in [5.41, 5.74) is 6.87. The van der Waals surface area contributed by atoms with Crippen LogP contribution < -0.4 is 11.1 Å². The van der Waals surface area contributed by atoms with Gasteiger partial charge in [0.25, 0.3) is 5.91 Å². The van der Waals surface area contributed by atoms with Crippen molar-refractivity contribution in [1.82, 2.24) is 5.32 Å². The maximum absolute atomic E-state index is 12.1. The molecule has 1 amide bonds. The first kappa shape index (κ1) is 13.2. The molecule has 98 valence electrons. The highest BCUT2D eigenvalue weighted by Crippen LogP contribution is 2.37. The van der Waals surface area contributed by atoms with Gasteiger partial charge in [0.2, 0.25) is 0 Å². The summed E-state index contributed by atoms with van der Waals surface area (Å²) in [6.07, 6.45) is 3.36. The molecule has 3 N–H and O–H groups in total. The third-order valence-corrected chi connectivity index (χ3v) is 4.15. The van der Waals surface area contributed by atoms with Gasteiger partial charge in [-0.1, -0.05) is 31.9 Å². The topological polar surface area (TPSA) is 55.1 Å². The zero-order valence-corrected chi connectivity index (χ0v) is 11.6. The molecule has 2 rings (SSSR count). The Bertz CT molecular complexity index is 471. The number of carbonyl (C=O) groups excluding carboxylic acids is 1. The van der Waals surface area contributed by atoms with Crippen molar-refractivity contribution < 1.29 is 4.79 Å². The van der Waals surface area contributed by atoms with Crippen LogP contribution in [0, 0.1) is 5.41 Å². The Hall–Kier alpha value is -1.22. The predicted molar refractivity (Wildman–Crippen MR) is 74.8 cm³/mol. The van der Waals surface area contributed by atoms with Gasteiger partial charge in [-0.3, -0.25) is 4.79 Å². The molecule has 1 atom stereocenters. The summed E-state index contributed by atoms with van der Waals surface area (Å²) in [7, 11) is 0. The molecule has 1 saturated carbocycles. The molecule has 0 aromatic heterocycles. The standard InChI is InChI=1S/C14H19ClN2O/c1-14(2)7-3-4-12(14)17-13(18)9-5-6-11(16)10(15)8-9/h5-6,8,12H,3-4,7,16H2,1-2H3,(H,17,18). The summed E-state index contributed by atoms with van der Waals surface area (Å²) in [5, 5.41) is 3.52. The molecule has 0 radical (unpaired) electrons. The van der Waals surface area contributed by atoms with E-state index in [1.165, 1.54) is 6.42 Å². The van der Waals surface area contributed by atoms with Crippen LogP contribution in [0.3, 0.4) is 0 Å². The first-order chi connectivity index (χ1) is 8.40. The Kier molecular flexibility index (Phi) is 3.53. The van der Waals surface area contributed by atoms with Crippen LogP contribution in [0.4, 0.5) is 5.69 Å². The molecular weight excluding hydrogens is 248 g/mol. The van der Waals surface area contributed by atoms with Gasteiger partial charge in [-0.2, -0.15) is 0 Å². The lowest BCUT2D eigenvalue weighted by Gasteiger charge is -2.27. The number of halogens is 1. The highest BCUT2D eigenvalue weighted by Gasteiger charge is 2.35. The van der Waals surface area contributed by atoms with Gasteiger partial charge in [0.1, 0.15) is 0 Å². The number of hydrogen-bond donors (Lipinski definition) is 2. The molecule has 3 nitrogen and oxygen atoms in total. The summed E-state index contributed by atoms with van der Waals surface area (Å²) in [4.78, 5) is 12.1. The van der Waals surface area contributed by atoms with Crippen molar-refractivity contribution in [3.8, 4) is 0 Å². The minimum Gasteiger partial charge on any atom is -0.398 e. The van der Waals surface area contributed by atoms with Crippen LogP contribution in [0.5, 0.6) is 0 Å². The van der Waals surface area contributed by atoms with Gasteiger partial charge in [-0.05, 0) is 36.5 Å². The lowest BCUT2D eigenvalue weighted by Crippen LogP contribution is -2.41. The van der Waals surface area contributed by atoms with E-state index in [2.05, 4.69) is 19.2 Å². The number of carbonyl (C=O) groups is 1. The Labute approximate surface area is 113 Å². The van der Waals surface area contributed by atoms with Crippen molar-refractivity contribution in [2.24, 2.45) is 5.41 Å². The molecule has 0 heterocycles. The third-order valence-electron chi connectivity index (χ3n) is 3.83. The van der Waals surface area contributed by atoms with Crippen LogP contribution >= 0.6 is 11.6 Å². The van der Waals surface area contributed by atoms with Crippen LogP contribution in [0.15, 0.2) is 18.2 Å². The Morgan fingerprint density at radius 3 is 2.78 bits per heavy atom. The fourth-order valence-electron chi connectivity index (χ4n) is 2.50. The molecule has 0 bridgehead atoms. The summed E-state index contributed by atoms with van der Waals surface area (Å²) in [5.74, 6) is -0.0723. The Morgan fingerprint density at radius 1 is 1.50 bits per heavy atom. The number of amides is 1. The van der Waals surface area contributed by atoms with E-state index in [0.717, 1.165) is 12.8 Å². The summed E-state index contributed by atoms with van der Waals surface area (Å²) in [6, 6.07) is 5.23. The highest BCUT2D eigenvalue weighted by atomic mass is 35.5. The highest BCUT2D eigenvalue weighted by molar-refractivity contribution is 6.33. The van der Waals surface area contributed by atoms with Crippen molar-refractivity contribution in [2.75, 3.05) is 5.73 Å². The fourth-order valence-corrected chi connectivity index (χ4v) is 2.68. The number of anilines is 1. The van der Waals surface area contributed by atoms with Crippen LogP contribution in [0.1, 0.15) is 43.5 Å². The molecule has 0 spiro atoms. The molecule has 1 fully saturated rings. The molecule has 1 aromatic carbocycles. The zero-order valence-electron chi connectivity index (χ0n) is 10.8. The Balaban J connectivity index is 2.10. The van der Waals surface area contributed by atoms with E-state index >= 15 is 0 Å². The summed E-state index contributed by atoms with van der Waals surface area (Å²) < 4.78 is 0.